The van der Waals surface area contributed by atoms with Crippen LogP contribution < -0.4 is 0 Å². The van der Waals surface area contributed by atoms with Gasteiger partial charge in [-0.3, -0.25) is 9.59 Å². The molecule has 0 spiro atoms. The lowest BCUT2D eigenvalue weighted by Crippen LogP contribution is -2.34. The molecule has 6 heteroatoms. The highest BCUT2D eigenvalue weighted by molar-refractivity contribution is 6.46. The quantitative estimate of drug-likeness (QED) is 0.253. The lowest BCUT2D eigenvalue weighted by atomic mass is 9.95. The minimum Gasteiger partial charge on any atom is -0.507 e. The van der Waals surface area contributed by atoms with Gasteiger partial charge in [-0.25, -0.2) is 4.39 Å². The van der Waals surface area contributed by atoms with Gasteiger partial charge in [0, 0.05) is 17.7 Å². The Balaban J connectivity index is 1.90. The highest BCUT2D eigenvalue weighted by Crippen LogP contribution is 2.40. The van der Waals surface area contributed by atoms with Crippen molar-refractivity contribution in [3.8, 4) is 0 Å². The number of ketones is 1. The van der Waals surface area contributed by atoms with Gasteiger partial charge in [-0.15, -0.1) is 0 Å². The number of benzene rings is 2. The molecule has 0 saturated carbocycles. The van der Waals surface area contributed by atoms with Crippen molar-refractivity contribution < 1.29 is 19.1 Å². The molecule has 1 amide bonds. The molecule has 5 nitrogen and oxygen atoms in total. The Morgan fingerprint density at radius 3 is 2.12 bits per heavy atom. The summed E-state index contributed by atoms with van der Waals surface area (Å²) in [5.74, 6) is -2.25. The first-order chi connectivity index (χ1) is 16.5. The Hall–Kier alpha value is -2.99. The van der Waals surface area contributed by atoms with Gasteiger partial charge in [0.15, 0.2) is 0 Å². The highest BCUT2D eigenvalue weighted by Gasteiger charge is 2.46. The fourth-order valence-electron chi connectivity index (χ4n) is 4.45. The number of hydrogen-bond acceptors (Lipinski definition) is 4. The number of rotatable bonds is 12. The van der Waals surface area contributed by atoms with Crippen LogP contribution in [0.1, 0.15) is 63.1 Å². The van der Waals surface area contributed by atoms with Gasteiger partial charge in [0.05, 0.1) is 11.6 Å². The highest BCUT2D eigenvalue weighted by atomic mass is 19.1. The molecule has 1 atom stereocenters. The number of unbranched alkanes of at least 4 members (excludes halogenated alkanes) is 2. The number of aliphatic hydroxyl groups is 1. The summed E-state index contributed by atoms with van der Waals surface area (Å²) < 4.78 is 14.9. The van der Waals surface area contributed by atoms with Gasteiger partial charge >= 0.3 is 0 Å². The van der Waals surface area contributed by atoms with Crippen LogP contribution in [-0.2, 0) is 9.59 Å². The van der Waals surface area contributed by atoms with Gasteiger partial charge in [0.25, 0.3) is 11.7 Å². The van der Waals surface area contributed by atoms with Crippen LogP contribution in [0.4, 0.5) is 4.39 Å². The molecule has 2 aromatic rings. The maximum absolute atomic E-state index is 14.9. The summed E-state index contributed by atoms with van der Waals surface area (Å²) in [6.45, 7) is 7.44. The molecule has 0 bridgehead atoms. The zero-order valence-corrected chi connectivity index (χ0v) is 20.2. The van der Waals surface area contributed by atoms with Crippen molar-refractivity contribution in [3.05, 3.63) is 77.1 Å². The minimum atomic E-state index is -0.957. The van der Waals surface area contributed by atoms with Crippen LogP contribution in [0.5, 0.6) is 0 Å². The molecule has 0 radical (unpaired) electrons. The summed E-state index contributed by atoms with van der Waals surface area (Å²) in [5, 5.41) is 11.0. The van der Waals surface area contributed by atoms with Crippen LogP contribution in [0.2, 0.25) is 0 Å². The third kappa shape index (κ3) is 5.92. The molecule has 1 aliphatic rings. The molecular weight excluding hydrogens is 431 g/mol. The number of likely N-dealkylation sites (tertiary alicyclic amines) is 1. The second-order valence-corrected chi connectivity index (χ2v) is 8.78. The second kappa shape index (κ2) is 12.5. The van der Waals surface area contributed by atoms with Gasteiger partial charge in [-0.2, -0.15) is 0 Å². The standard InChI is InChI=1S/C28H35FN2O3/c1-3-5-17-30(18-6-4-2)19-12-20-31-25(22-15-10-11-16-23(22)29)24(27(33)28(31)34)26(32)21-13-8-7-9-14-21/h7-11,13-16,25,32H,3-6,12,17-20H2,1-2H3/t25-/m0/s1. The lowest BCUT2D eigenvalue weighted by molar-refractivity contribution is -0.140. The van der Waals surface area contributed by atoms with E-state index in [-0.39, 0.29) is 16.9 Å². The first kappa shape index (κ1) is 25.6. The molecule has 1 aliphatic heterocycles. The molecule has 1 N–H and O–H groups in total. The lowest BCUT2D eigenvalue weighted by Gasteiger charge is -2.27. The Labute approximate surface area is 201 Å². The number of hydrogen-bond donors (Lipinski definition) is 1. The van der Waals surface area contributed by atoms with E-state index in [0.29, 0.717) is 18.5 Å². The van der Waals surface area contributed by atoms with Crippen LogP contribution in [0.15, 0.2) is 60.2 Å². The van der Waals surface area contributed by atoms with E-state index in [2.05, 4.69) is 18.7 Å². The van der Waals surface area contributed by atoms with E-state index in [1.165, 1.54) is 11.0 Å². The molecule has 34 heavy (non-hydrogen) atoms. The summed E-state index contributed by atoms with van der Waals surface area (Å²) in [4.78, 5) is 29.9. The Bertz CT molecular complexity index is 998. The number of halogens is 1. The normalized spacial score (nSPS) is 17.6. The van der Waals surface area contributed by atoms with E-state index >= 15 is 0 Å². The van der Waals surface area contributed by atoms with E-state index in [4.69, 9.17) is 0 Å². The number of carbonyl (C=O) groups is 2. The first-order valence-corrected chi connectivity index (χ1v) is 12.3. The van der Waals surface area contributed by atoms with Crippen LogP contribution in [0.3, 0.4) is 0 Å². The SMILES string of the molecule is CCCCN(CCCC)CCCN1C(=O)C(=O)C(=C(O)c2ccccc2)[C@@H]1c1ccccc1F. The molecule has 1 fully saturated rings. The molecule has 2 aromatic carbocycles. The van der Waals surface area contributed by atoms with E-state index < -0.39 is 23.5 Å². The third-order valence-electron chi connectivity index (χ3n) is 6.32. The monoisotopic (exact) mass is 466 g/mol. The van der Waals surface area contributed by atoms with Gasteiger partial charge < -0.3 is 14.9 Å². The summed E-state index contributed by atoms with van der Waals surface area (Å²) in [6, 6.07) is 13.8. The minimum absolute atomic E-state index is 0.0601. The number of Topliss-reactive ketones (excluding diaryl/α,β-unsaturated/α-hetero) is 1. The van der Waals surface area contributed by atoms with E-state index in [1.54, 1.807) is 48.5 Å². The van der Waals surface area contributed by atoms with Crippen molar-refractivity contribution in [2.75, 3.05) is 26.2 Å². The average Bonchev–Trinajstić information content (AvgIpc) is 3.10. The maximum atomic E-state index is 14.9. The van der Waals surface area contributed by atoms with Crippen molar-refractivity contribution in [1.82, 2.24) is 9.80 Å². The summed E-state index contributed by atoms with van der Waals surface area (Å²) >= 11 is 0. The summed E-state index contributed by atoms with van der Waals surface area (Å²) in [5.41, 5.74) is 0.579. The molecule has 182 valence electrons. The fraction of sp³-hybridized carbons (Fsp3) is 0.429. The molecule has 1 saturated heterocycles. The van der Waals surface area contributed by atoms with Gasteiger partial charge in [0.2, 0.25) is 0 Å². The van der Waals surface area contributed by atoms with Gasteiger partial charge in [-0.1, -0.05) is 75.2 Å². The van der Waals surface area contributed by atoms with Gasteiger partial charge in [-0.05, 0) is 45.0 Å². The summed E-state index contributed by atoms with van der Waals surface area (Å²) in [6.07, 6.45) is 5.12. The molecule has 0 aromatic heterocycles. The Morgan fingerprint density at radius 1 is 0.912 bits per heavy atom. The Morgan fingerprint density at radius 2 is 1.50 bits per heavy atom. The Kier molecular flexibility index (Phi) is 9.40. The van der Waals surface area contributed by atoms with Crippen molar-refractivity contribution in [2.24, 2.45) is 0 Å². The maximum Gasteiger partial charge on any atom is 0.295 e. The van der Waals surface area contributed by atoms with Crippen LogP contribution >= 0.6 is 0 Å². The second-order valence-electron chi connectivity index (χ2n) is 8.78. The van der Waals surface area contributed by atoms with Crippen LogP contribution in [-0.4, -0.2) is 52.8 Å². The predicted octanol–water partition coefficient (Wildman–Crippen LogP) is 5.54. The number of nitrogens with zero attached hydrogens (tertiary/aromatic N) is 2. The molecule has 3 rings (SSSR count). The average molecular weight is 467 g/mol. The van der Waals surface area contributed by atoms with Crippen molar-refractivity contribution >= 4 is 17.4 Å². The molecule has 0 unspecified atom stereocenters. The zero-order chi connectivity index (χ0) is 24.5. The van der Waals surface area contributed by atoms with Crippen LogP contribution in [0, 0.1) is 5.82 Å². The third-order valence-corrected chi connectivity index (χ3v) is 6.32. The molecule has 0 aliphatic carbocycles. The van der Waals surface area contributed by atoms with E-state index in [0.717, 1.165) is 45.3 Å². The predicted molar refractivity (Wildman–Crippen MR) is 133 cm³/mol. The number of carbonyl (C=O) groups excluding carboxylic acids is 2. The van der Waals surface area contributed by atoms with Crippen molar-refractivity contribution in [3.63, 3.8) is 0 Å². The van der Waals surface area contributed by atoms with Gasteiger partial charge in [0.1, 0.15) is 11.6 Å². The zero-order valence-electron chi connectivity index (χ0n) is 20.2. The van der Waals surface area contributed by atoms with E-state index in [1.807, 2.05) is 0 Å². The smallest absolute Gasteiger partial charge is 0.295 e. The van der Waals surface area contributed by atoms with Crippen molar-refractivity contribution in [1.29, 1.82) is 0 Å². The van der Waals surface area contributed by atoms with Crippen molar-refractivity contribution in [2.45, 2.75) is 52.0 Å². The van der Waals surface area contributed by atoms with Crippen LogP contribution in [0.25, 0.3) is 5.76 Å². The largest absolute Gasteiger partial charge is 0.507 e. The number of amides is 1. The topological polar surface area (TPSA) is 60.9 Å². The summed E-state index contributed by atoms with van der Waals surface area (Å²) in [7, 11) is 0. The molecule has 1 heterocycles. The number of aliphatic hydroxyl groups excluding tert-OH is 1. The molecular formula is C28H35FN2O3. The first-order valence-electron chi connectivity index (χ1n) is 12.3. The fourth-order valence-corrected chi connectivity index (χ4v) is 4.45. The van der Waals surface area contributed by atoms with E-state index in [9.17, 15) is 19.1 Å².